The van der Waals surface area contributed by atoms with Gasteiger partial charge in [0.25, 0.3) is 0 Å². The predicted octanol–water partition coefficient (Wildman–Crippen LogP) is 2.96. The number of ketones is 1. The molecule has 1 aliphatic heterocycles. The molecule has 0 N–H and O–H groups in total. The minimum absolute atomic E-state index is 0.0713. The Kier molecular flexibility index (Phi) is 4.72. The molecule has 2 rings (SSSR count). The number of carbonyl (C=O) groups excluding carboxylic acids is 1. The highest BCUT2D eigenvalue weighted by Crippen LogP contribution is 2.21. The molecule has 1 saturated heterocycles. The lowest BCUT2D eigenvalue weighted by Gasteiger charge is -2.30. The summed E-state index contributed by atoms with van der Waals surface area (Å²) in [6, 6.07) is 5.83. The van der Waals surface area contributed by atoms with Crippen LogP contribution in [0.15, 0.2) is 24.3 Å². The lowest BCUT2D eigenvalue weighted by molar-refractivity contribution is 0.0845. The number of carbonyl (C=O) groups is 1. The third-order valence-electron chi connectivity index (χ3n) is 3.49. The van der Waals surface area contributed by atoms with E-state index in [9.17, 15) is 9.18 Å². The maximum Gasteiger partial charge on any atom is 0.166 e. The Bertz CT molecular complexity index is 399. The van der Waals surface area contributed by atoms with Gasteiger partial charge in [-0.05, 0) is 50.2 Å². The summed E-state index contributed by atoms with van der Waals surface area (Å²) in [5.41, 5.74) is 0.618. The molecule has 2 nitrogen and oxygen atoms in total. The maximum absolute atomic E-state index is 12.8. The molecule has 0 aromatic heterocycles. The SMILES string of the molecule is O=C(c1ccc(F)cc1)C1CCN(CCCl)CC1. The monoisotopic (exact) mass is 269 g/mol. The van der Waals surface area contributed by atoms with E-state index in [1.807, 2.05) is 0 Å². The van der Waals surface area contributed by atoms with E-state index in [2.05, 4.69) is 4.90 Å². The number of Topliss-reactive ketones (excluding diaryl/α,β-unsaturated/α-hetero) is 1. The molecule has 1 aromatic rings. The van der Waals surface area contributed by atoms with E-state index in [4.69, 9.17) is 11.6 Å². The summed E-state index contributed by atoms with van der Waals surface area (Å²) in [4.78, 5) is 14.5. The van der Waals surface area contributed by atoms with E-state index in [1.54, 1.807) is 12.1 Å². The van der Waals surface area contributed by atoms with Gasteiger partial charge in [0.05, 0.1) is 0 Å². The summed E-state index contributed by atoms with van der Waals surface area (Å²) in [7, 11) is 0. The van der Waals surface area contributed by atoms with E-state index in [0.717, 1.165) is 32.5 Å². The molecule has 0 bridgehead atoms. The number of hydrogen-bond donors (Lipinski definition) is 0. The Balaban J connectivity index is 1.93. The van der Waals surface area contributed by atoms with Crippen LogP contribution >= 0.6 is 11.6 Å². The number of benzene rings is 1. The fraction of sp³-hybridized carbons (Fsp3) is 0.500. The molecular formula is C14H17ClFNO. The van der Waals surface area contributed by atoms with Gasteiger partial charge >= 0.3 is 0 Å². The average Bonchev–Trinajstić information content (AvgIpc) is 2.40. The first-order valence-corrected chi connectivity index (χ1v) is 6.82. The highest BCUT2D eigenvalue weighted by atomic mass is 35.5. The van der Waals surface area contributed by atoms with Crippen molar-refractivity contribution in [3.05, 3.63) is 35.6 Å². The zero-order valence-corrected chi connectivity index (χ0v) is 11.0. The topological polar surface area (TPSA) is 20.3 Å². The van der Waals surface area contributed by atoms with Crippen LogP contribution in [-0.4, -0.2) is 36.2 Å². The molecule has 0 aliphatic carbocycles. The Morgan fingerprint density at radius 2 is 1.89 bits per heavy atom. The maximum atomic E-state index is 12.8. The molecule has 0 saturated carbocycles. The van der Waals surface area contributed by atoms with Crippen LogP contribution in [-0.2, 0) is 0 Å². The number of nitrogens with zero attached hydrogens (tertiary/aromatic N) is 1. The van der Waals surface area contributed by atoms with Gasteiger partial charge in [0, 0.05) is 23.9 Å². The molecule has 0 spiro atoms. The van der Waals surface area contributed by atoms with Crippen molar-refractivity contribution >= 4 is 17.4 Å². The van der Waals surface area contributed by atoms with Gasteiger partial charge in [-0.25, -0.2) is 4.39 Å². The first kappa shape index (κ1) is 13.5. The fourth-order valence-electron chi connectivity index (χ4n) is 2.39. The number of hydrogen-bond acceptors (Lipinski definition) is 2. The van der Waals surface area contributed by atoms with E-state index in [-0.39, 0.29) is 17.5 Å². The minimum Gasteiger partial charge on any atom is -0.302 e. The summed E-state index contributed by atoms with van der Waals surface area (Å²) in [5, 5.41) is 0. The van der Waals surface area contributed by atoms with E-state index >= 15 is 0 Å². The molecule has 0 atom stereocenters. The Labute approximate surface area is 112 Å². The van der Waals surface area contributed by atoms with Gasteiger partial charge in [-0.15, -0.1) is 11.6 Å². The predicted molar refractivity (Wildman–Crippen MR) is 70.6 cm³/mol. The quantitative estimate of drug-likeness (QED) is 0.619. The molecule has 1 heterocycles. The van der Waals surface area contributed by atoms with Gasteiger partial charge < -0.3 is 4.90 Å². The molecule has 1 fully saturated rings. The van der Waals surface area contributed by atoms with Crippen molar-refractivity contribution in [1.29, 1.82) is 0 Å². The van der Waals surface area contributed by atoms with Crippen molar-refractivity contribution < 1.29 is 9.18 Å². The van der Waals surface area contributed by atoms with E-state index in [0.29, 0.717) is 11.4 Å². The van der Waals surface area contributed by atoms with Crippen LogP contribution in [0.2, 0.25) is 0 Å². The van der Waals surface area contributed by atoms with Gasteiger partial charge in [0.2, 0.25) is 0 Å². The number of halogens is 2. The van der Waals surface area contributed by atoms with Gasteiger partial charge in [-0.2, -0.15) is 0 Å². The molecule has 1 aromatic carbocycles. The zero-order valence-electron chi connectivity index (χ0n) is 10.2. The summed E-state index contributed by atoms with van der Waals surface area (Å²) >= 11 is 5.70. The number of piperidine rings is 1. The molecule has 18 heavy (non-hydrogen) atoms. The van der Waals surface area contributed by atoms with Crippen LogP contribution in [0, 0.1) is 11.7 Å². The summed E-state index contributed by atoms with van der Waals surface area (Å²) < 4.78 is 12.8. The fourth-order valence-corrected chi connectivity index (χ4v) is 2.63. The van der Waals surface area contributed by atoms with Crippen LogP contribution in [0.4, 0.5) is 4.39 Å². The smallest absolute Gasteiger partial charge is 0.166 e. The highest BCUT2D eigenvalue weighted by Gasteiger charge is 2.25. The third kappa shape index (κ3) is 3.30. The van der Waals surface area contributed by atoms with Crippen LogP contribution in [0.1, 0.15) is 23.2 Å². The molecule has 1 aliphatic rings. The number of alkyl halides is 1. The lowest BCUT2D eigenvalue weighted by Crippen LogP contribution is -2.37. The summed E-state index contributed by atoms with van der Waals surface area (Å²) in [6.45, 7) is 2.73. The van der Waals surface area contributed by atoms with E-state index in [1.165, 1.54) is 12.1 Å². The van der Waals surface area contributed by atoms with Gasteiger partial charge in [0.15, 0.2) is 5.78 Å². The minimum atomic E-state index is -0.302. The first-order chi connectivity index (χ1) is 8.70. The van der Waals surface area contributed by atoms with Crippen molar-refractivity contribution in [1.82, 2.24) is 4.90 Å². The third-order valence-corrected chi connectivity index (χ3v) is 3.66. The van der Waals surface area contributed by atoms with Crippen molar-refractivity contribution in [2.24, 2.45) is 5.92 Å². The van der Waals surface area contributed by atoms with Crippen LogP contribution in [0.3, 0.4) is 0 Å². The van der Waals surface area contributed by atoms with Crippen molar-refractivity contribution in [2.45, 2.75) is 12.8 Å². The van der Waals surface area contributed by atoms with Crippen molar-refractivity contribution in [3.8, 4) is 0 Å². The van der Waals surface area contributed by atoms with Gasteiger partial charge in [-0.1, -0.05) is 0 Å². The van der Waals surface area contributed by atoms with Crippen LogP contribution < -0.4 is 0 Å². The normalized spacial score (nSPS) is 17.9. The molecule has 0 amide bonds. The first-order valence-electron chi connectivity index (χ1n) is 6.29. The average molecular weight is 270 g/mol. The Morgan fingerprint density at radius 1 is 1.28 bits per heavy atom. The number of likely N-dealkylation sites (tertiary alicyclic amines) is 1. The lowest BCUT2D eigenvalue weighted by atomic mass is 9.89. The summed E-state index contributed by atoms with van der Waals surface area (Å²) in [6.07, 6.45) is 1.74. The Morgan fingerprint density at radius 3 is 2.44 bits per heavy atom. The van der Waals surface area contributed by atoms with Crippen LogP contribution in [0.25, 0.3) is 0 Å². The van der Waals surface area contributed by atoms with E-state index < -0.39 is 0 Å². The van der Waals surface area contributed by atoms with Gasteiger partial charge in [0.1, 0.15) is 5.82 Å². The second-order valence-corrected chi connectivity index (χ2v) is 5.05. The number of rotatable bonds is 4. The molecule has 98 valence electrons. The van der Waals surface area contributed by atoms with Crippen molar-refractivity contribution in [2.75, 3.05) is 25.5 Å². The highest BCUT2D eigenvalue weighted by molar-refractivity contribution is 6.18. The van der Waals surface area contributed by atoms with Crippen molar-refractivity contribution in [3.63, 3.8) is 0 Å². The summed E-state index contributed by atoms with van der Waals surface area (Å²) in [5.74, 6) is 0.544. The van der Waals surface area contributed by atoms with Gasteiger partial charge in [-0.3, -0.25) is 4.79 Å². The zero-order chi connectivity index (χ0) is 13.0. The second kappa shape index (κ2) is 6.30. The van der Waals surface area contributed by atoms with Crippen LogP contribution in [0.5, 0.6) is 0 Å². The molecule has 0 radical (unpaired) electrons. The standard InChI is InChI=1S/C14H17ClFNO/c15-7-10-17-8-5-12(6-9-17)14(18)11-1-3-13(16)4-2-11/h1-4,12H,5-10H2. The largest absolute Gasteiger partial charge is 0.302 e. The molecule has 4 heteroatoms. The second-order valence-electron chi connectivity index (χ2n) is 4.68. The molecule has 0 unspecified atom stereocenters. The molecular weight excluding hydrogens is 253 g/mol. The Hall–Kier alpha value is -0.930.